The molecule has 20 heavy (non-hydrogen) atoms. The maximum atomic E-state index is 12.5. The Kier molecular flexibility index (Phi) is 3.48. The summed E-state index contributed by atoms with van der Waals surface area (Å²) in [6.07, 6.45) is 3.64. The standard InChI is InChI=1S/C14H18N4OS/c1-2-11-10-5-8-20-12(10)3-7-18(11)14(19)9-17-6-4-13(15)16-17/h4-6,8,11H,2-3,7,9H2,1H3,(H2,15,16). The third-order valence-corrected chi connectivity index (χ3v) is 4.76. The van der Waals surface area contributed by atoms with Crippen molar-refractivity contribution < 1.29 is 4.79 Å². The van der Waals surface area contributed by atoms with E-state index in [4.69, 9.17) is 5.73 Å². The molecule has 1 aliphatic rings. The molecule has 1 unspecified atom stereocenters. The van der Waals surface area contributed by atoms with Crippen LogP contribution in [-0.4, -0.2) is 27.1 Å². The van der Waals surface area contributed by atoms with Gasteiger partial charge in [-0.2, -0.15) is 5.10 Å². The summed E-state index contributed by atoms with van der Waals surface area (Å²) in [4.78, 5) is 15.9. The lowest BCUT2D eigenvalue weighted by atomic mass is 9.98. The van der Waals surface area contributed by atoms with Gasteiger partial charge in [-0.05, 0) is 35.9 Å². The molecular formula is C14H18N4OS. The van der Waals surface area contributed by atoms with Crippen LogP contribution in [0.4, 0.5) is 5.82 Å². The number of aromatic nitrogens is 2. The molecule has 1 aliphatic heterocycles. The number of nitrogens with zero attached hydrogens (tertiary/aromatic N) is 3. The lowest BCUT2D eigenvalue weighted by Crippen LogP contribution is -2.41. The fraction of sp³-hybridized carbons (Fsp3) is 0.429. The third-order valence-electron chi connectivity index (χ3n) is 3.76. The Morgan fingerprint density at radius 3 is 3.10 bits per heavy atom. The number of amides is 1. The lowest BCUT2D eigenvalue weighted by Gasteiger charge is -2.35. The van der Waals surface area contributed by atoms with Crippen molar-refractivity contribution in [2.45, 2.75) is 32.4 Å². The summed E-state index contributed by atoms with van der Waals surface area (Å²) in [6.45, 7) is 3.18. The number of thiophene rings is 1. The van der Waals surface area contributed by atoms with Crippen LogP contribution in [0.5, 0.6) is 0 Å². The van der Waals surface area contributed by atoms with Crippen LogP contribution in [0.15, 0.2) is 23.7 Å². The van der Waals surface area contributed by atoms with Crippen LogP contribution >= 0.6 is 11.3 Å². The molecule has 2 aromatic rings. The summed E-state index contributed by atoms with van der Waals surface area (Å²) in [5.41, 5.74) is 6.90. The Labute approximate surface area is 122 Å². The summed E-state index contributed by atoms with van der Waals surface area (Å²) in [7, 11) is 0. The first-order valence-electron chi connectivity index (χ1n) is 6.83. The van der Waals surface area contributed by atoms with E-state index in [-0.39, 0.29) is 18.5 Å². The first kappa shape index (κ1) is 13.2. The van der Waals surface area contributed by atoms with E-state index in [2.05, 4.69) is 23.5 Å². The van der Waals surface area contributed by atoms with E-state index in [0.717, 1.165) is 19.4 Å². The molecule has 0 radical (unpaired) electrons. The minimum absolute atomic E-state index is 0.108. The predicted molar refractivity (Wildman–Crippen MR) is 79.4 cm³/mol. The highest BCUT2D eigenvalue weighted by Gasteiger charge is 2.30. The molecule has 2 N–H and O–H groups in total. The monoisotopic (exact) mass is 290 g/mol. The number of carbonyl (C=O) groups excluding carboxylic acids is 1. The van der Waals surface area contributed by atoms with Crippen molar-refractivity contribution in [2.75, 3.05) is 12.3 Å². The second-order valence-electron chi connectivity index (χ2n) is 5.00. The molecule has 1 atom stereocenters. The molecule has 0 spiro atoms. The van der Waals surface area contributed by atoms with Gasteiger partial charge in [0.1, 0.15) is 12.4 Å². The Morgan fingerprint density at radius 1 is 1.55 bits per heavy atom. The zero-order valence-corrected chi connectivity index (χ0v) is 12.3. The average molecular weight is 290 g/mol. The van der Waals surface area contributed by atoms with Crippen molar-refractivity contribution in [1.82, 2.24) is 14.7 Å². The summed E-state index contributed by atoms with van der Waals surface area (Å²) in [5, 5.41) is 6.20. The van der Waals surface area contributed by atoms with E-state index in [9.17, 15) is 4.79 Å². The van der Waals surface area contributed by atoms with Crippen LogP contribution in [-0.2, 0) is 17.8 Å². The van der Waals surface area contributed by atoms with Gasteiger partial charge in [-0.3, -0.25) is 9.48 Å². The van der Waals surface area contributed by atoms with E-state index < -0.39 is 0 Å². The molecule has 106 valence electrons. The number of nitrogen functional groups attached to an aromatic ring is 1. The molecule has 0 aromatic carbocycles. The number of nitrogens with two attached hydrogens (primary N) is 1. The van der Waals surface area contributed by atoms with E-state index in [1.165, 1.54) is 10.4 Å². The molecular weight excluding hydrogens is 272 g/mol. The summed E-state index contributed by atoms with van der Waals surface area (Å²) < 4.78 is 1.60. The van der Waals surface area contributed by atoms with Crippen LogP contribution in [0.3, 0.4) is 0 Å². The van der Waals surface area contributed by atoms with Crippen molar-refractivity contribution in [2.24, 2.45) is 0 Å². The number of anilines is 1. The number of hydrogen-bond acceptors (Lipinski definition) is 4. The topological polar surface area (TPSA) is 64.2 Å². The van der Waals surface area contributed by atoms with Crippen LogP contribution in [0, 0.1) is 0 Å². The fourth-order valence-corrected chi connectivity index (χ4v) is 3.76. The van der Waals surface area contributed by atoms with Gasteiger partial charge in [-0.25, -0.2) is 0 Å². The van der Waals surface area contributed by atoms with E-state index in [1.54, 1.807) is 28.3 Å². The minimum Gasteiger partial charge on any atom is -0.382 e. The van der Waals surface area contributed by atoms with Gasteiger partial charge < -0.3 is 10.6 Å². The highest BCUT2D eigenvalue weighted by atomic mass is 32.1. The molecule has 0 fully saturated rings. The summed E-state index contributed by atoms with van der Waals surface area (Å²) in [5.74, 6) is 0.556. The van der Waals surface area contributed by atoms with Gasteiger partial charge in [0.25, 0.3) is 0 Å². The number of rotatable bonds is 3. The summed E-state index contributed by atoms with van der Waals surface area (Å²) >= 11 is 1.79. The van der Waals surface area contributed by atoms with E-state index >= 15 is 0 Å². The van der Waals surface area contributed by atoms with Gasteiger partial charge >= 0.3 is 0 Å². The van der Waals surface area contributed by atoms with Gasteiger partial charge in [0.05, 0.1) is 6.04 Å². The largest absolute Gasteiger partial charge is 0.382 e. The normalized spacial score (nSPS) is 18.1. The molecule has 1 amide bonds. The Balaban J connectivity index is 1.78. The maximum absolute atomic E-state index is 12.5. The van der Waals surface area contributed by atoms with Crippen molar-refractivity contribution in [3.8, 4) is 0 Å². The Morgan fingerprint density at radius 2 is 2.40 bits per heavy atom. The van der Waals surface area contributed by atoms with E-state index in [1.807, 2.05) is 4.90 Å². The Hall–Kier alpha value is -1.82. The zero-order chi connectivity index (χ0) is 14.1. The van der Waals surface area contributed by atoms with Crippen molar-refractivity contribution in [3.63, 3.8) is 0 Å². The maximum Gasteiger partial charge on any atom is 0.244 e. The summed E-state index contributed by atoms with van der Waals surface area (Å²) in [6, 6.07) is 4.06. The molecule has 5 nitrogen and oxygen atoms in total. The van der Waals surface area contributed by atoms with Crippen molar-refractivity contribution >= 4 is 23.1 Å². The van der Waals surface area contributed by atoms with Crippen LogP contribution in [0.1, 0.15) is 29.8 Å². The van der Waals surface area contributed by atoms with Crippen molar-refractivity contribution in [1.29, 1.82) is 0 Å². The van der Waals surface area contributed by atoms with E-state index in [0.29, 0.717) is 5.82 Å². The first-order valence-corrected chi connectivity index (χ1v) is 7.71. The molecule has 3 rings (SSSR count). The Bertz CT molecular complexity index is 618. The van der Waals surface area contributed by atoms with Gasteiger partial charge in [0.2, 0.25) is 5.91 Å². The second-order valence-corrected chi connectivity index (χ2v) is 6.00. The number of hydrogen-bond donors (Lipinski definition) is 1. The van der Waals surface area contributed by atoms with Crippen molar-refractivity contribution in [3.05, 3.63) is 34.2 Å². The molecule has 6 heteroatoms. The molecule has 0 saturated heterocycles. The third kappa shape index (κ3) is 2.31. The first-order chi connectivity index (χ1) is 9.69. The molecule has 3 heterocycles. The number of carbonyl (C=O) groups is 1. The smallest absolute Gasteiger partial charge is 0.244 e. The second kappa shape index (κ2) is 5.28. The zero-order valence-electron chi connectivity index (χ0n) is 11.5. The van der Waals surface area contributed by atoms with Gasteiger partial charge in [-0.1, -0.05) is 6.92 Å². The molecule has 2 aromatic heterocycles. The SMILES string of the molecule is CCC1c2ccsc2CCN1C(=O)Cn1ccc(N)n1. The average Bonchev–Trinajstić information content (AvgIpc) is 3.06. The van der Waals surface area contributed by atoms with Gasteiger partial charge in [0.15, 0.2) is 0 Å². The highest BCUT2D eigenvalue weighted by Crippen LogP contribution is 2.35. The van der Waals surface area contributed by atoms with Gasteiger partial charge in [0, 0.05) is 17.6 Å². The molecule has 0 bridgehead atoms. The molecule has 0 saturated carbocycles. The quantitative estimate of drug-likeness (QED) is 0.941. The van der Waals surface area contributed by atoms with Crippen LogP contribution in [0.2, 0.25) is 0 Å². The predicted octanol–water partition coefficient (Wildman–Crippen LogP) is 2.06. The lowest BCUT2D eigenvalue weighted by molar-refractivity contribution is -0.135. The fourth-order valence-electron chi connectivity index (χ4n) is 2.83. The molecule has 0 aliphatic carbocycles. The number of fused-ring (bicyclic) bond motifs is 1. The van der Waals surface area contributed by atoms with Gasteiger partial charge in [-0.15, -0.1) is 11.3 Å². The van der Waals surface area contributed by atoms with Crippen LogP contribution in [0.25, 0.3) is 0 Å². The van der Waals surface area contributed by atoms with Crippen LogP contribution < -0.4 is 5.73 Å². The minimum atomic E-state index is 0.108. The highest BCUT2D eigenvalue weighted by molar-refractivity contribution is 7.10.